The van der Waals surface area contributed by atoms with Gasteiger partial charge in [0.1, 0.15) is 11.3 Å². The number of fused-ring (bicyclic) bond motifs is 1. The molecule has 1 aromatic heterocycles. The number of imidazole rings is 1. The van der Waals surface area contributed by atoms with E-state index in [1.165, 1.54) is 18.6 Å². The Morgan fingerprint density at radius 2 is 1.91 bits per heavy atom. The van der Waals surface area contributed by atoms with Gasteiger partial charge in [-0.2, -0.15) is 13.2 Å². The highest BCUT2D eigenvalue weighted by molar-refractivity contribution is 6.01. The fraction of sp³-hybridized carbons (Fsp3) is 0.462. The minimum absolute atomic E-state index is 0.150. The maximum Gasteiger partial charge on any atom is 0.417 e. The molecular formula is C26H28F3N3O2. The molecule has 1 fully saturated rings. The number of rotatable bonds is 6. The lowest BCUT2D eigenvalue weighted by Gasteiger charge is -2.30. The number of aromatic nitrogens is 2. The van der Waals surface area contributed by atoms with Gasteiger partial charge in [0.15, 0.2) is 5.82 Å². The highest BCUT2D eigenvalue weighted by atomic mass is 19.4. The molecule has 0 saturated heterocycles. The molecule has 2 heterocycles. The van der Waals surface area contributed by atoms with Crippen LogP contribution in [0.3, 0.4) is 0 Å². The number of aryl methyl sites for hydroxylation is 1. The Labute approximate surface area is 196 Å². The number of nitrogens with zero attached hydrogens (tertiary/aromatic N) is 2. The molecule has 1 N–H and O–H groups in total. The average Bonchev–Trinajstić information content (AvgIpc) is 3.44. The summed E-state index contributed by atoms with van der Waals surface area (Å²) >= 11 is 0. The molecule has 0 radical (unpaired) electrons. The van der Waals surface area contributed by atoms with Gasteiger partial charge in [0.05, 0.1) is 16.6 Å². The number of nitrogens with one attached hydrogen (secondary N) is 1. The number of aromatic amines is 1. The third-order valence-corrected chi connectivity index (χ3v) is 6.89. The van der Waals surface area contributed by atoms with Crippen molar-refractivity contribution >= 4 is 16.7 Å². The molecule has 1 saturated carbocycles. The van der Waals surface area contributed by atoms with E-state index in [0.717, 1.165) is 55.0 Å². The van der Waals surface area contributed by atoms with Crippen molar-refractivity contribution in [1.29, 1.82) is 0 Å². The lowest BCUT2D eigenvalue weighted by molar-refractivity contribution is -0.137. The smallest absolute Gasteiger partial charge is 0.388 e. The summed E-state index contributed by atoms with van der Waals surface area (Å²) in [5, 5.41) is 4.36. The first-order valence-corrected chi connectivity index (χ1v) is 11.8. The van der Waals surface area contributed by atoms with Gasteiger partial charge in [-0.3, -0.25) is 0 Å². The van der Waals surface area contributed by atoms with Gasteiger partial charge < -0.3 is 14.6 Å². The second kappa shape index (κ2) is 9.06. The average molecular weight is 472 g/mol. The molecule has 5 nitrogen and oxygen atoms in total. The summed E-state index contributed by atoms with van der Waals surface area (Å²) in [6.45, 7) is 0.564. The van der Waals surface area contributed by atoms with Crippen molar-refractivity contribution in [2.24, 2.45) is 5.16 Å². The summed E-state index contributed by atoms with van der Waals surface area (Å²) < 4.78 is 46.3. The first kappa shape index (κ1) is 22.9. The quantitative estimate of drug-likeness (QED) is 0.409. The molecule has 1 aliphatic carbocycles. The summed E-state index contributed by atoms with van der Waals surface area (Å²) in [6, 6.07) is 9.24. The van der Waals surface area contributed by atoms with E-state index < -0.39 is 11.7 Å². The van der Waals surface area contributed by atoms with Gasteiger partial charge in [-0.05, 0) is 73.4 Å². The van der Waals surface area contributed by atoms with Gasteiger partial charge in [-0.25, -0.2) is 4.98 Å². The molecule has 5 rings (SSSR count). The fourth-order valence-electron chi connectivity index (χ4n) is 5.18. The zero-order chi connectivity index (χ0) is 23.8. The number of ether oxygens (including phenoxy) is 1. The van der Waals surface area contributed by atoms with Crippen molar-refractivity contribution in [3.8, 4) is 11.1 Å². The predicted octanol–water partition coefficient (Wildman–Crippen LogP) is 6.66. The number of oxime groups is 1. The molecule has 0 atom stereocenters. The maximum atomic E-state index is 13.7. The molecule has 8 heteroatoms. The Balaban J connectivity index is 1.55. The van der Waals surface area contributed by atoms with Gasteiger partial charge in [0, 0.05) is 20.1 Å². The Morgan fingerprint density at radius 1 is 1.12 bits per heavy atom. The topological polar surface area (TPSA) is 59.5 Å². The Bertz CT molecular complexity index is 1210. The van der Waals surface area contributed by atoms with Gasteiger partial charge in [-0.15, -0.1) is 0 Å². The van der Waals surface area contributed by atoms with Crippen LogP contribution in [0.4, 0.5) is 13.2 Å². The van der Waals surface area contributed by atoms with Gasteiger partial charge in [-0.1, -0.05) is 29.8 Å². The van der Waals surface area contributed by atoms with Crippen LogP contribution in [0.2, 0.25) is 0 Å². The van der Waals surface area contributed by atoms with E-state index in [4.69, 9.17) is 14.6 Å². The molecule has 1 spiro atoms. The number of benzene rings is 2. The van der Waals surface area contributed by atoms with E-state index in [1.54, 1.807) is 19.2 Å². The summed E-state index contributed by atoms with van der Waals surface area (Å²) in [7, 11) is 1.64. The van der Waals surface area contributed by atoms with Crippen molar-refractivity contribution in [2.45, 2.75) is 63.1 Å². The lowest BCUT2D eigenvalue weighted by Crippen LogP contribution is -2.31. The number of alkyl halides is 3. The summed E-state index contributed by atoms with van der Waals surface area (Å²) in [4.78, 5) is 14.0. The molecule has 180 valence electrons. The number of halogens is 3. The lowest BCUT2D eigenvalue weighted by atomic mass is 9.81. The van der Waals surface area contributed by atoms with Crippen LogP contribution in [-0.4, -0.2) is 35.0 Å². The summed E-state index contributed by atoms with van der Waals surface area (Å²) in [5.41, 5.74) is 2.91. The van der Waals surface area contributed by atoms with Crippen LogP contribution in [0, 0.1) is 0 Å². The largest absolute Gasteiger partial charge is 0.417 e. The standard InChI is InChI=1S/C26H28F3N3O2/c1-33-13-7-8-17-14-18(19-9-3-4-10-20(19)26(27,28)29)15-21-23(17)31-24(30-21)22-16-25(34-32-22)11-5-2-6-12-25/h3-4,9-10,14-15H,2,5-8,11-13,16H2,1H3,(H,30,31). The molecule has 34 heavy (non-hydrogen) atoms. The Kier molecular flexibility index (Phi) is 6.10. The van der Waals surface area contributed by atoms with Crippen LogP contribution < -0.4 is 0 Å². The molecule has 2 aromatic carbocycles. The highest BCUT2D eigenvalue weighted by Crippen LogP contribution is 2.41. The molecule has 0 bridgehead atoms. The highest BCUT2D eigenvalue weighted by Gasteiger charge is 2.41. The van der Waals surface area contributed by atoms with Crippen LogP contribution in [-0.2, 0) is 22.2 Å². The molecular weight excluding hydrogens is 443 g/mol. The number of hydrogen-bond donors (Lipinski definition) is 1. The molecule has 0 amide bonds. The number of methoxy groups -OCH3 is 1. The predicted molar refractivity (Wildman–Crippen MR) is 125 cm³/mol. The van der Waals surface area contributed by atoms with Crippen molar-refractivity contribution in [2.75, 3.05) is 13.7 Å². The van der Waals surface area contributed by atoms with Crippen LogP contribution in [0.15, 0.2) is 41.6 Å². The van der Waals surface area contributed by atoms with E-state index in [-0.39, 0.29) is 11.2 Å². The van der Waals surface area contributed by atoms with Crippen LogP contribution in [0.5, 0.6) is 0 Å². The van der Waals surface area contributed by atoms with Crippen molar-refractivity contribution in [1.82, 2.24) is 9.97 Å². The maximum absolute atomic E-state index is 13.7. The SMILES string of the molecule is COCCCc1cc(-c2ccccc2C(F)(F)F)cc2nc(C3=NOC4(CCCCC4)C3)[nH]c12. The molecule has 1 aliphatic heterocycles. The molecule has 2 aliphatic rings. The molecule has 0 unspecified atom stereocenters. The number of H-pyrrole nitrogens is 1. The van der Waals surface area contributed by atoms with E-state index in [2.05, 4.69) is 10.1 Å². The Hall–Kier alpha value is -2.87. The monoisotopic (exact) mass is 471 g/mol. The second-order valence-corrected chi connectivity index (χ2v) is 9.30. The van der Waals surface area contributed by atoms with Gasteiger partial charge in [0.25, 0.3) is 0 Å². The third kappa shape index (κ3) is 4.43. The van der Waals surface area contributed by atoms with Crippen molar-refractivity contribution in [3.63, 3.8) is 0 Å². The first-order valence-electron chi connectivity index (χ1n) is 11.8. The van der Waals surface area contributed by atoms with E-state index in [0.29, 0.717) is 36.4 Å². The minimum atomic E-state index is -4.44. The van der Waals surface area contributed by atoms with E-state index in [9.17, 15) is 13.2 Å². The van der Waals surface area contributed by atoms with E-state index >= 15 is 0 Å². The van der Waals surface area contributed by atoms with E-state index in [1.807, 2.05) is 6.07 Å². The second-order valence-electron chi connectivity index (χ2n) is 9.30. The molecule has 3 aromatic rings. The zero-order valence-electron chi connectivity index (χ0n) is 19.2. The minimum Gasteiger partial charge on any atom is -0.388 e. The van der Waals surface area contributed by atoms with Crippen LogP contribution >= 0.6 is 0 Å². The summed E-state index contributed by atoms with van der Waals surface area (Å²) in [6.07, 6.45) is 3.12. The van der Waals surface area contributed by atoms with Crippen LogP contribution in [0.25, 0.3) is 22.2 Å². The summed E-state index contributed by atoms with van der Waals surface area (Å²) in [5.74, 6) is 0.631. The van der Waals surface area contributed by atoms with Crippen molar-refractivity contribution in [3.05, 3.63) is 53.3 Å². The third-order valence-electron chi connectivity index (χ3n) is 6.89. The van der Waals surface area contributed by atoms with Crippen molar-refractivity contribution < 1.29 is 22.7 Å². The fourth-order valence-corrected chi connectivity index (χ4v) is 5.18. The first-order chi connectivity index (χ1) is 16.4. The Morgan fingerprint density at radius 3 is 2.68 bits per heavy atom. The van der Waals surface area contributed by atoms with Crippen LogP contribution in [0.1, 0.15) is 61.9 Å². The van der Waals surface area contributed by atoms with Gasteiger partial charge >= 0.3 is 6.18 Å². The normalized spacial score (nSPS) is 17.8. The number of hydrogen-bond acceptors (Lipinski definition) is 4. The zero-order valence-corrected chi connectivity index (χ0v) is 19.2. The van der Waals surface area contributed by atoms with Gasteiger partial charge in [0.2, 0.25) is 0 Å².